The summed E-state index contributed by atoms with van der Waals surface area (Å²) < 4.78 is 6.97. The van der Waals surface area contributed by atoms with Gasteiger partial charge in [-0.1, -0.05) is 75.4 Å². The Morgan fingerprint density at radius 3 is 2.24 bits per heavy atom. The van der Waals surface area contributed by atoms with E-state index in [9.17, 15) is 9.59 Å². The quantitative estimate of drug-likeness (QED) is 0.296. The molecule has 0 radical (unpaired) electrons. The molecule has 3 aromatic carbocycles. The summed E-state index contributed by atoms with van der Waals surface area (Å²) in [6.45, 7) is 6.99. The van der Waals surface area contributed by atoms with Gasteiger partial charge in [-0.2, -0.15) is 5.10 Å². The molecule has 0 aliphatic heterocycles. The van der Waals surface area contributed by atoms with E-state index in [1.54, 1.807) is 13.2 Å². The number of benzene rings is 3. The van der Waals surface area contributed by atoms with Gasteiger partial charge in [0, 0.05) is 12.0 Å². The summed E-state index contributed by atoms with van der Waals surface area (Å²) in [5.41, 5.74) is 5.95. The van der Waals surface area contributed by atoms with Crippen molar-refractivity contribution in [3.05, 3.63) is 105 Å². The van der Waals surface area contributed by atoms with Crippen molar-refractivity contribution in [3.63, 3.8) is 0 Å². The van der Waals surface area contributed by atoms with Crippen LogP contribution in [0.15, 0.2) is 71.5 Å². The number of carboxylic acids is 1. The number of aromatic nitrogens is 3. The molecule has 0 atom stereocenters. The second-order valence-corrected chi connectivity index (χ2v) is 10.6. The van der Waals surface area contributed by atoms with E-state index in [2.05, 4.69) is 67.3 Å². The summed E-state index contributed by atoms with van der Waals surface area (Å²) in [5, 5.41) is 13.6. The zero-order valence-electron chi connectivity index (χ0n) is 22.5. The third kappa shape index (κ3) is 6.79. The summed E-state index contributed by atoms with van der Waals surface area (Å²) in [4.78, 5) is 26.4. The maximum atomic E-state index is 12.4. The van der Waals surface area contributed by atoms with Crippen LogP contribution < -0.4 is 10.4 Å². The molecule has 7 heteroatoms. The number of aromatic amines is 1. The molecule has 1 aromatic heterocycles. The molecule has 0 amide bonds. The Hall–Kier alpha value is -4.13. The van der Waals surface area contributed by atoms with E-state index in [0.29, 0.717) is 24.5 Å². The van der Waals surface area contributed by atoms with Gasteiger partial charge in [0.1, 0.15) is 11.6 Å². The first-order valence-corrected chi connectivity index (χ1v) is 12.9. The number of nitrogens with one attached hydrogen (secondary N) is 1. The second-order valence-electron chi connectivity index (χ2n) is 10.6. The number of H-pyrrole nitrogens is 1. The molecular weight excluding hydrogens is 478 g/mol. The number of rotatable bonds is 10. The first kappa shape index (κ1) is 26.9. The van der Waals surface area contributed by atoms with Gasteiger partial charge in [-0.15, -0.1) is 0 Å². The number of ether oxygens (including phenoxy) is 1. The highest BCUT2D eigenvalue weighted by atomic mass is 16.5. The van der Waals surface area contributed by atoms with E-state index in [4.69, 9.17) is 9.84 Å². The Bertz CT molecular complexity index is 1440. The molecular formula is C31H35N3O4. The number of aryl methyl sites for hydroxylation is 2. The van der Waals surface area contributed by atoms with Gasteiger partial charge in [0.05, 0.1) is 20.1 Å². The van der Waals surface area contributed by atoms with Crippen molar-refractivity contribution in [2.45, 2.75) is 58.4 Å². The number of carbonyl (C=O) groups is 1. The molecule has 1 heterocycles. The van der Waals surface area contributed by atoms with Crippen LogP contribution in [0.5, 0.6) is 5.75 Å². The van der Waals surface area contributed by atoms with Crippen molar-refractivity contribution < 1.29 is 14.6 Å². The lowest BCUT2D eigenvalue weighted by Crippen LogP contribution is -2.19. The standard InChI is InChI=1S/C31H35N3O4/c1-31(2,3)25-15-10-22(11-16-25)20-34-30(37)32-28(33-34)7-5-6-21-8-13-24(14-9-21)26-18-23(19-29(35)36)12-17-27(26)38-4/h8-18H,5-7,19-20H2,1-4H3,(H,35,36)(H,32,33,37). The normalized spacial score (nSPS) is 11.5. The molecule has 198 valence electrons. The number of aliphatic carboxylic acids is 1. The number of carboxylic acid groups (broad SMARTS) is 1. The Labute approximate surface area is 223 Å². The van der Waals surface area contributed by atoms with Gasteiger partial charge >= 0.3 is 11.7 Å². The fourth-order valence-corrected chi connectivity index (χ4v) is 4.48. The lowest BCUT2D eigenvalue weighted by atomic mass is 9.87. The van der Waals surface area contributed by atoms with Crippen molar-refractivity contribution in [2.24, 2.45) is 0 Å². The minimum Gasteiger partial charge on any atom is -0.496 e. The van der Waals surface area contributed by atoms with E-state index in [1.165, 1.54) is 15.8 Å². The molecule has 2 N–H and O–H groups in total. The van der Waals surface area contributed by atoms with Gasteiger partial charge in [0.15, 0.2) is 0 Å². The van der Waals surface area contributed by atoms with Crippen molar-refractivity contribution in [1.82, 2.24) is 14.8 Å². The zero-order chi connectivity index (χ0) is 27.3. The van der Waals surface area contributed by atoms with Crippen LogP contribution in [-0.2, 0) is 36.0 Å². The topological polar surface area (TPSA) is 97.2 Å². The van der Waals surface area contributed by atoms with Gasteiger partial charge in [-0.25, -0.2) is 9.48 Å². The van der Waals surface area contributed by atoms with Crippen LogP contribution in [0.3, 0.4) is 0 Å². The molecule has 0 spiro atoms. The molecule has 4 rings (SSSR count). The predicted molar refractivity (Wildman–Crippen MR) is 149 cm³/mol. The fraction of sp³-hybridized carbons (Fsp3) is 0.323. The van der Waals surface area contributed by atoms with Crippen molar-refractivity contribution >= 4 is 5.97 Å². The van der Waals surface area contributed by atoms with Gasteiger partial charge in [0.2, 0.25) is 0 Å². The maximum absolute atomic E-state index is 12.4. The van der Waals surface area contributed by atoms with Gasteiger partial charge in [-0.05, 0) is 58.2 Å². The van der Waals surface area contributed by atoms with Gasteiger partial charge in [0.25, 0.3) is 0 Å². The Kier molecular flexibility index (Phi) is 8.15. The zero-order valence-corrected chi connectivity index (χ0v) is 22.5. The highest BCUT2D eigenvalue weighted by Crippen LogP contribution is 2.31. The molecule has 0 saturated carbocycles. The highest BCUT2D eigenvalue weighted by molar-refractivity contribution is 5.75. The molecule has 0 saturated heterocycles. The second kappa shape index (κ2) is 11.5. The third-order valence-corrected chi connectivity index (χ3v) is 6.64. The predicted octanol–water partition coefficient (Wildman–Crippen LogP) is 5.40. The Morgan fingerprint density at radius 1 is 0.947 bits per heavy atom. The van der Waals surface area contributed by atoms with E-state index in [1.807, 2.05) is 24.3 Å². The first-order chi connectivity index (χ1) is 18.1. The molecule has 0 unspecified atom stereocenters. The van der Waals surface area contributed by atoms with Gasteiger partial charge < -0.3 is 9.84 Å². The molecule has 0 aliphatic carbocycles. The van der Waals surface area contributed by atoms with Crippen LogP contribution in [0.2, 0.25) is 0 Å². The smallest absolute Gasteiger partial charge is 0.343 e. The molecule has 0 bridgehead atoms. The first-order valence-electron chi connectivity index (χ1n) is 12.9. The molecule has 38 heavy (non-hydrogen) atoms. The largest absolute Gasteiger partial charge is 0.496 e. The van der Waals surface area contributed by atoms with E-state index in [0.717, 1.165) is 35.1 Å². The van der Waals surface area contributed by atoms with E-state index >= 15 is 0 Å². The number of nitrogens with zero attached hydrogens (tertiary/aromatic N) is 2. The van der Waals surface area contributed by atoms with Crippen LogP contribution in [-0.4, -0.2) is 33.0 Å². The molecule has 7 nitrogen and oxygen atoms in total. The monoisotopic (exact) mass is 513 g/mol. The average molecular weight is 514 g/mol. The maximum Gasteiger partial charge on any atom is 0.343 e. The number of hydrogen-bond acceptors (Lipinski definition) is 4. The lowest BCUT2D eigenvalue weighted by Gasteiger charge is -2.19. The lowest BCUT2D eigenvalue weighted by molar-refractivity contribution is -0.136. The van der Waals surface area contributed by atoms with E-state index < -0.39 is 5.97 Å². The summed E-state index contributed by atoms with van der Waals surface area (Å²) in [5.74, 6) is 0.534. The van der Waals surface area contributed by atoms with Crippen LogP contribution in [0.1, 0.15) is 55.3 Å². The SMILES string of the molecule is COc1ccc(CC(=O)O)cc1-c1ccc(CCCc2nn(Cc3ccc(C(C)(C)C)cc3)c(=O)[nH]2)cc1. The van der Waals surface area contributed by atoms with Crippen LogP contribution in [0.25, 0.3) is 11.1 Å². The average Bonchev–Trinajstić information content (AvgIpc) is 3.22. The highest BCUT2D eigenvalue weighted by Gasteiger charge is 2.14. The summed E-state index contributed by atoms with van der Waals surface area (Å²) in [6, 6.07) is 22.0. The van der Waals surface area contributed by atoms with Crippen molar-refractivity contribution in [3.8, 4) is 16.9 Å². The summed E-state index contributed by atoms with van der Waals surface area (Å²) in [7, 11) is 1.61. The van der Waals surface area contributed by atoms with Crippen LogP contribution in [0, 0.1) is 0 Å². The Balaban J connectivity index is 1.35. The van der Waals surface area contributed by atoms with Crippen molar-refractivity contribution in [1.29, 1.82) is 0 Å². The molecule has 4 aromatic rings. The van der Waals surface area contributed by atoms with Crippen LogP contribution in [0.4, 0.5) is 0 Å². The van der Waals surface area contributed by atoms with Gasteiger partial charge in [-0.3, -0.25) is 9.78 Å². The minimum atomic E-state index is -0.864. The fourth-order valence-electron chi connectivity index (χ4n) is 4.48. The van der Waals surface area contributed by atoms with E-state index in [-0.39, 0.29) is 17.5 Å². The number of methoxy groups -OCH3 is 1. The van der Waals surface area contributed by atoms with Crippen molar-refractivity contribution in [2.75, 3.05) is 7.11 Å². The summed E-state index contributed by atoms with van der Waals surface area (Å²) in [6.07, 6.45) is 2.35. The Morgan fingerprint density at radius 2 is 1.61 bits per heavy atom. The molecule has 0 fully saturated rings. The minimum absolute atomic E-state index is 0.0313. The third-order valence-electron chi connectivity index (χ3n) is 6.64. The summed E-state index contributed by atoms with van der Waals surface area (Å²) >= 11 is 0. The number of hydrogen-bond donors (Lipinski definition) is 2. The van der Waals surface area contributed by atoms with Crippen LogP contribution >= 0.6 is 0 Å². The molecule has 0 aliphatic rings.